The van der Waals surface area contributed by atoms with Crippen LogP contribution in [0.4, 0.5) is 8.78 Å². The summed E-state index contributed by atoms with van der Waals surface area (Å²) in [6.45, 7) is 5.11. The number of hydrogen-bond donors (Lipinski definition) is 0. The van der Waals surface area contributed by atoms with Crippen LogP contribution >= 0.6 is 0 Å². The van der Waals surface area contributed by atoms with Crippen molar-refractivity contribution < 1.29 is 23.0 Å². The lowest BCUT2D eigenvalue weighted by Gasteiger charge is -2.29. The molecule has 0 aromatic heterocycles. The first kappa shape index (κ1) is 20.6. The van der Waals surface area contributed by atoms with Gasteiger partial charge in [0.2, 0.25) is 11.6 Å². The molecule has 1 heterocycles. The van der Waals surface area contributed by atoms with Crippen molar-refractivity contribution in [1.29, 1.82) is 0 Å². The van der Waals surface area contributed by atoms with Crippen molar-refractivity contribution in [3.8, 4) is 11.5 Å². The van der Waals surface area contributed by atoms with Crippen LogP contribution in [0.1, 0.15) is 56.6 Å². The Kier molecular flexibility index (Phi) is 7.26. The van der Waals surface area contributed by atoms with Gasteiger partial charge in [0, 0.05) is 5.92 Å². The Morgan fingerprint density at radius 3 is 2.18 bits per heavy atom. The zero-order chi connectivity index (χ0) is 19.9. The summed E-state index contributed by atoms with van der Waals surface area (Å²) in [5.41, 5.74) is 2.15. The summed E-state index contributed by atoms with van der Waals surface area (Å²) >= 11 is 0. The molecule has 152 valence electrons. The molecular formula is C23H28F2O3. The highest BCUT2D eigenvalue weighted by Crippen LogP contribution is 2.31. The topological polar surface area (TPSA) is 27.7 Å². The normalized spacial score (nSPS) is 19.4. The number of hydrogen-bond acceptors (Lipinski definition) is 3. The van der Waals surface area contributed by atoms with Crippen LogP contribution in [-0.4, -0.2) is 19.3 Å². The minimum atomic E-state index is -1.02. The van der Waals surface area contributed by atoms with E-state index in [1.54, 1.807) is 6.92 Å². The highest BCUT2D eigenvalue weighted by molar-refractivity contribution is 5.35. The molecule has 0 radical (unpaired) electrons. The van der Waals surface area contributed by atoms with Gasteiger partial charge in [-0.3, -0.25) is 0 Å². The molecule has 28 heavy (non-hydrogen) atoms. The van der Waals surface area contributed by atoms with Crippen LogP contribution in [0.3, 0.4) is 0 Å². The molecule has 0 amide bonds. The standard InChI is InChI=1S/C23H28F2O3/c1-3-5-19-11-10-18(15-27-19)17-8-6-16(7-9-17)14-28-21-13-12-20(26-4-2)22(24)23(21)25/h6-9,12-13,18-19H,3-5,10-11,14-15H2,1-2H3. The molecule has 1 saturated heterocycles. The predicted molar refractivity (Wildman–Crippen MR) is 105 cm³/mol. The van der Waals surface area contributed by atoms with Crippen molar-refractivity contribution >= 4 is 0 Å². The van der Waals surface area contributed by atoms with E-state index < -0.39 is 11.6 Å². The van der Waals surface area contributed by atoms with E-state index >= 15 is 0 Å². The van der Waals surface area contributed by atoms with Crippen LogP contribution in [0, 0.1) is 11.6 Å². The van der Waals surface area contributed by atoms with Crippen LogP contribution in [-0.2, 0) is 11.3 Å². The van der Waals surface area contributed by atoms with Crippen molar-refractivity contribution in [3.05, 3.63) is 59.2 Å². The highest BCUT2D eigenvalue weighted by atomic mass is 19.2. The maximum Gasteiger partial charge on any atom is 0.204 e. The summed E-state index contributed by atoms with van der Waals surface area (Å²) in [4.78, 5) is 0. The van der Waals surface area contributed by atoms with Gasteiger partial charge in [-0.2, -0.15) is 8.78 Å². The zero-order valence-corrected chi connectivity index (χ0v) is 16.5. The zero-order valence-electron chi connectivity index (χ0n) is 16.5. The first-order valence-corrected chi connectivity index (χ1v) is 10.1. The van der Waals surface area contributed by atoms with Gasteiger partial charge in [0.25, 0.3) is 0 Å². The third-order valence-corrected chi connectivity index (χ3v) is 5.14. The van der Waals surface area contributed by atoms with Crippen molar-refractivity contribution in [2.45, 2.75) is 58.2 Å². The van der Waals surface area contributed by atoms with Crippen LogP contribution < -0.4 is 9.47 Å². The second kappa shape index (κ2) is 9.87. The highest BCUT2D eigenvalue weighted by Gasteiger charge is 2.22. The van der Waals surface area contributed by atoms with E-state index in [9.17, 15) is 8.78 Å². The molecule has 1 aliphatic heterocycles. The molecule has 0 N–H and O–H groups in total. The predicted octanol–water partition coefficient (Wildman–Crippen LogP) is 6.01. The molecule has 3 nitrogen and oxygen atoms in total. The number of halogens is 2. The quantitative estimate of drug-likeness (QED) is 0.553. The van der Waals surface area contributed by atoms with Gasteiger partial charge in [0.05, 0.1) is 19.3 Å². The fourth-order valence-corrected chi connectivity index (χ4v) is 3.56. The molecule has 2 aromatic rings. The molecule has 0 aliphatic carbocycles. The van der Waals surface area contributed by atoms with E-state index in [1.165, 1.54) is 17.7 Å². The monoisotopic (exact) mass is 390 g/mol. The van der Waals surface area contributed by atoms with E-state index in [4.69, 9.17) is 14.2 Å². The summed E-state index contributed by atoms with van der Waals surface area (Å²) in [5.74, 6) is -1.85. The lowest BCUT2D eigenvalue weighted by molar-refractivity contribution is -0.00111. The summed E-state index contributed by atoms with van der Waals surface area (Å²) < 4.78 is 44.5. The minimum Gasteiger partial charge on any atom is -0.491 e. The van der Waals surface area contributed by atoms with Crippen LogP contribution in [0.25, 0.3) is 0 Å². The first-order chi connectivity index (χ1) is 13.6. The number of benzene rings is 2. The van der Waals surface area contributed by atoms with Gasteiger partial charge < -0.3 is 14.2 Å². The number of rotatable bonds is 8. The Balaban J connectivity index is 1.56. The van der Waals surface area contributed by atoms with Gasteiger partial charge in [-0.25, -0.2) is 0 Å². The number of ether oxygens (including phenoxy) is 3. The smallest absolute Gasteiger partial charge is 0.204 e. The van der Waals surface area contributed by atoms with Gasteiger partial charge in [0.1, 0.15) is 6.61 Å². The second-order valence-electron chi connectivity index (χ2n) is 7.17. The van der Waals surface area contributed by atoms with Crippen molar-refractivity contribution in [3.63, 3.8) is 0 Å². The molecule has 3 rings (SSSR count). The van der Waals surface area contributed by atoms with Gasteiger partial charge >= 0.3 is 0 Å². The summed E-state index contributed by atoms with van der Waals surface area (Å²) in [6.07, 6.45) is 4.93. The molecule has 1 fully saturated rings. The van der Waals surface area contributed by atoms with E-state index in [1.807, 2.05) is 12.1 Å². The lowest BCUT2D eigenvalue weighted by Crippen LogP contribution is -2.24. The molecule has 0 saturated carbocycles. The van der Waals surface area contributed by atoms with Gasteiger partial charge in [-0.15, -0.1) is 0 Å². The lowest BCUT2D eigenvalue weighted by atomic mass is 9.90. The van der Waals surface area contributed by atoms with Crippen LogP contribution in [0.15, 0.2) is 36.4 Å². The van der Waals surface area contributed by atoms with Gasteiger partial charge in [-0.05, 0) is 49.4 Å². The largest absolute Gasteiger partial charge is 0.491 e. The van der Waals surface area contributed by atoms with Gasteiger partial charge in [0.15, 0.2) is 11.5 Å². The third kappa shape index (κ3) is 5.02. The molecule has 0 bridgehead atoms. The molecule has 2 atom stereocenters. The minimum absolute atomic E-state index is 0.104. The third-order valence-electron chi connectivity index (χ3n) is 5.14. The van der Waals surface area contributed by atoms with E-state index in [2.05, 4.69) is 19.1 Å². The van der Waals surface area contributed by atoms with Crippen LogP contribution in [0.5, 0.6) is 11.5 Å². The fourth-order valence-electron chi connectivity index (χ4n) is 3.56. The van der Waals surface area contributed by atoms with E-state index in [0.717, 1.165) is 37.9 Å². The molecular weight excluding hydrogens is 362 g/mol. The SMILES string of the molecule is CCCC1CCC(c2ccc(COc3ccc(OCC)c(F)c3F)cc2)CO1. The van der Waals surface area contributed by atoms with E-state index in [0.29, 0.717) is 12.0 Å². The van der Waals surface area contributed by atoms with Crippen LogP contribution in [0.2, 0.25) is 0 Å². The summed E-state index contributed by atoms with van der Waals surface area (Å²) in [5, 5.41) is 0. The molecule has 1 aliphatic rings. The average molecular weight is 390 g/mol. The Morgan fingerprint density at radius 1 is 0.929 bits per heavy atom. The van der Waals surface area contributed by atoms with Gasteiger partial charge in [-0.1, -0.05) is 37.6 Å². The first-order valence-electron chi connectivity index (χ1n) is 10.1. The Bertz CT molecular complexity index is 753. The molecule has 2 aromatic carbocycles. The summed E-state index contributed by atoms with van der Waals surface area (Å²) in [6, 6.07) is 10.9. The van der Waals surface area contributed by atoms with Crippen molar-refractivity contribution in [2.24, 2.45) is 0 Å². The van der Waals surface area contributed by atoms with Crippen molar-refractivity contribution in [1.82, 2.24) is 0 Å². The summed E-state index contributed by atoms with van der Waals surface area (Å²) in [7, 11) is 0. The maximum atomic E-state index is 14.1. The Labute approximate surface area is 165 Å². The average Bonchev–Trinajstić information content (AvgIpc) is 2.72. The molecule has 0 spiro atoms. The second-order valence-corrected chi connectivity index (χ2v) is 7.17. The van der Waals surface area contributed by atoms with E-state index in [-0.39, 0.29) is 24.7 Å². The van der Waals surface area contributed by atoms with Crippen molar-refractivity contribution in [2.75, 3.05) is 13.2 Å². The maximum absolute atomic E-state index is 14.1. The Hall–Kier alpha value is -2.14. The molecule has 2 unspecified atom stereocenters. The Morgan fingerprint density at radius 2 is 1.61 bits per heavy atom. The molecule has 5 heteroatoms. The fraction of sp³-hybridized carbons (Fsp3) is 0.478.